The number of rotatable bonds is 7. The maximum atomic E-state index is 11.9. The van der Waals surface area contributed by atoms with Crippen LogP contribution in [-0.4, -0.2) is 18.4 Å². The minimum absolute atomic E-state index is 0.0311. The van der Waals surface area contributed by atoms with Crippen molar-refractivity contribution in [3.63, 3.8) is 0 Å². The summed E-state index contributed by atoms with van der Waals surface area (Å²) in [4.78, 5) is 23.1. The average Bonchev–Trinajstić information content (AvgIpc) is 2.59. The molecule has 0 aliphatic heterocycles. The Morgan fingerprint density at radius 1 is 1.04 bits per heavy atom. The smallest absolute Gasteiger partial charge is 0.336 e. The largest absolute Gasteiger partial charge is 0.493 e. The van der Waals surface area contributed by atoms with Gasteiger partial charge in [-0.2, -0.15) is 0 Å². The number of carbonyl (C=O) groups excluding carboxylic acids is 2. The number of carbonyl (C=O) groups is 2. The number of Topliss-reactive ketones (excluding diaryl/α,β-unsaturated/α-hetero) is 1. The maximum absolute atomic E-state index is 11.9. The summed E-state index contributed by atoms with van der Waals surface area (Å²) in [7, 11) is 0. The first-order chi connectivity index (χ1) is 11.6. The van der Waals surface area contributed by atoms with Crippen molar-refractivity contribution in [2.45, 2.75) is 20.3 Å². The van der Waals surface area contributed by atoms with Crippen LogP contribution in [0.1, 0.15) is 36.2 Å². The molecule has 0 bridgehead atoms. The van der Waals surface area contributed by atoms with Gasteiger partial charge in [-0.1, -0.05) is 25.1 Å². The van der Waals surface area contributed by atoms with E-state index in [0.717, 1.165) is 17.7 Å². The lowest BCUT2D eigenvalue weighted by Crippen LogP contribution is -2.04. The average molecular weight is 324 g/mol. The van der Waals surface area contributed by atoms with Crippen LogP contribution in [-0.2, 0) is 4.79 Å². The topological polar surface area (TPSA) is 52.6 Å². The van der Waals surface area contributed by atoms with E-state index >= 15 is 0 Å². The van der Waals surface area contributed by atoms with Crippen LogP contribution in [0.15, 0.2) is 54.6 Å². The Morgan fingerprint density at radius 2 is 1.75 bits per heavy atom. The van der Waals surface area contributed by atoms with Gasteiger partial charge in [-0.3, -0.25) is 4.79 Å². The highest BCUT2D eigenvalue weighted by molar-refractivity contribution is 5.94. The van der Waals surface area contributed by atoms with Crippen LogP contribution in [0.2, 0.25) is 0 Å². The summed E-state index contributed by atoms with van der Waals surface area (Å²) >= 11 is 0. The van der Waals surface area contributed by atoms with E-state index in [4.69, 9.17) is 9.47 Å². The minimum atomic E-state index is -0.490. The third-order valence-electron chi connectivity index (χ3n) is 3.26. The van der Waals surface area contributed by atoms with Gasteiger partial charge in [0.2, 0.25) is 0 Å². The van der Waals surface area contributed by atoms with Crippen LogP contribution in [0, 0.1) is 0 Å². The molecule has 0 heterocycles. The summed E-state index contributed by atoms with van der Waals surface area (Å²) in [6.45, 7) is 4.15. The van der Waals surface area contributed by atoms with E-state index in [1.807, 2.05) is 31.2 Å². The van der Waals surface area contributed by atoms with Gasteiger partial charge in [0.25, 0.3) is 0 Å². The van der Waals surface area contributed by atoms with Crippen LogP contribution in [0.25, 0.3) is 6.08 Å². The van der Waals surface area contributed by atoms with Gasteiger partial charge < -0.3 is 9.47 Å². The summed E-state index contributed by atoms with van der Waals surface area (Å²) in [6, 6.07) is 14.0. The monoisotopic (exact) mass is 324 g/mol. The molecule has 0 aliphatic carbocycles. The van der Waals surface area contributed by atoms with Crippen LogP contribution in [0.4, 0.5) is 0 Å². The zero-order chi connectivity index (χ0) is 17.4. The number of para-hydroxylation sites is 1. The number of esters is 1. The van der Waals surface area contributed by atoms with E-state index in [1.165, 1.54) is 13.0 Å². The van der Waals surface area contributed by atoms with Crippen molar-refractivity contribution in [1.29, 1.82) is 0 Å². The van der Waals surface area contributed by atoms with Gasteiger partial charge in [0.1, 0.15) is 11.5 Å². The first-order valence-corrected chi connectivity index (χ1v) is 7.83. The Balaban J connectivity index is 2.01. The van der Waals surface area contributed by atoms with Gasteiger partial charge in [0, 0.05) is 17.2 Å². The quantitative estimate of drug-likeness (QED) is 0.330. The van der Waals surface area contributed by atoms with Crippen molar-refractivity contribution in [3.05, 3.63) is 65.7 Å². The number of ether oxygens (including phenoxy) is 2. The van der Waals surface area contributed by atoms with Crippen molar-refractivity contribution in [2.24, 2.45) is 0 Å². The first kappa shape index (κ1) is 17.5. The zero-order valence-electron chi connectivity index (χ0n) is 13.8. The van der Waals surface area contributed by atoms with Crippen LogP contribution in [0.5, 0.6) is 11.5 Å². The van der Waals surface area contributed by atoms with Gasteiger partial charge in [0.05, 0.1) is 6.61 Å². The molecule has 0 aromatic heterocycles. The molecule has 0 N–H and O–H groups in total. The maximum Gasteiger partial charge on any atom is 0.336 e. The van der Waals surface area contributed by atoms with Crippen molar-refractivity contribution >= 4 is 17.8 Å². The number of hydrogen-bond donors (Lipinski definition) is 0. The highest BCUT2D eigenvalue weighted by Crippen LogP contribution is 2.20. The summed E-state index contributed by atoms with van der Waals surface area (Å²) in [5.74, 6) is 0.603. The summed E-state index contributed by atoms with van der Waals surface area (Å²) < 4.78 is 10.9. The highest BCUT2D eigenvalue weighted by atomic mass is 16.5. The van der Waals surface area contributed by atoms with Gasteiger partial charge in [-0.25, -0.2) is 4.79 Å². The molecular weight excluding hydrogens is 304 g/mol. The van der Waals surface area contributed by atoms with E-state index in [-0.39, 0.29) is 5.78 Å². The lowest BCUT2D eigenvalue weighted by Gasteiger charge is -2.07. The number of benzene rings is 2. The number of hydrogen-bond acceptors (Lipinski definition) is 4. The summed E-state index contributed by atoms with van der Waals surface area (Å²) in [5, 5.41) is 0. The second kappa shape index (κ2) is 8.67. The normalized spacial score (nSPS) is 10.6. The lowest BCUT2D eigenvalue weighted by molar-refractivity contribution is -0.128. The Kier molecular flexibility index (Phi) is 6.32. The Labute approximate surface area is 141 Å². The molecule has 0 saturated heterocycles. The van der Waals surface area contributed by atoms with E-state index in [0.29, 0.717) is 17.9 Å². The van der Waals surface area contributed by atoms with Crippen molar-refractivity contribution in [2.75, 3.05) is 6.61 Å². The molecular formula is C20H20O4. The predicted octanol–water partition coefficient (Wildman–Crippen LogP) is 4.30. The molecule has 0 atom stereocenters. The summed E-state index contributed by atoms with van der Waals surface area (Å²) in [6.07, 6.45) is 3.93. The zero-order valence-corrected chi connectivity index (χ0v) is 13.8. The third-order valence-corrected chi connectivity index (χ3v) is 3.26. The highest BCUT2D eigenvalue weighted by Gasteiger charge is 2.04. The van der Waals surface area contributed by atoms with E-state index in [1.54, 1.807) is 30.3 Å². The van der Waals surface area contributed by atoms with Crippen molar-refractivity contribution in [1.82, 2.24) is 0 Å². The lowest BCUT2D eigenvalue weighted by atomic mass is 10.1. The molecule has 0 fully saturated rings. The molecule has 24 heavy (non-hydrogen) atoms. The van der Waals surface area contributed by atoms with Gasteiger partial charge in [-0.15, -0.1) is 0 Å². The Morgan fingerprint density at radius 3 is 2.42 bits per heavy atom. The fraction of sp³-hybridized carbons (Fsp3) is 0.200. The molecule has 0 radical (unpaired) electrons. The molecule has 0 unspecified atom stereocenters. The van der Waals surface area contributed by atoms with Gasteiger partial charge in [-0.05, 0) is 49.8 Å². The third kappa shape index (κ3) is 5.09. The van der Waals surface area contributed by atoms with Crippen LogP contribution < -0.4 is 9.47 Å². The van der Waals surface area contributed by atoms with Crippen molar-refractivity contribution < 1.29 is 19.1 Å². The molecule has 2 aromatic rings. The van der Waals surface area contributed by atoms with Gasteiger partial charge in [0.15, 0.2) is 5.78 Å². The number of ketones is 1. The molecule has 0 spiro atoms. The van der Waals surface area contributed by atoms with E-state index < -0.39 is 5.97 Å². The molecule has 0 amide bonds. The molecule has 2 rings (SSSR count). The SMILES string of the molecule is CCCOc1ccccc1/C=C/C(=O)Oc1ccc(C(C)=O)cc1. The molecule has 0 saturated carbocycles. The predicted molar refractivity (Wildman–Crippen MR) is 93.3 cm³/mol. The van der Waals surface area contributed by atoms with Crippen molar-refractivity contribution in [3.8, 4) is 11.5 Å². The first-order valence-electron chi connectivity index (χ1n) is 7.83. The molecule has 4 heteroatoms. The standard InChI is InChI=1S/C20H20O4/c1-3-14-23-19-7-5-4-6-17(19)10-13-20(22)24-18-11-8-16(9-12-18)15(2)21/h4-13H,3,14H2,1-2H3/b13-10+. The fourth-order valence-electron chi connectivity index (χ4n) is 2.03. The minimum Gasteiger partial charge on any atom is -0.493 e. The second-order valence-electron chi connectivity index (χ2n) is 5.22. The molecule has 124 valence electrons. The molecule has 0 aliphatic rings. The van der Waals surface area contributed by atoms with Gasteiger partial charge >= 0.3 is 5.97 Å². The van der Waals surface area contributed by atoms with E-state index in [2.05, 4.69) is 0 Å². The molecule has 4 nitrogen and oxygen atoms in total. The van der Waals surface area contributed by atoms with Crippen LogP contribution >= 0.6 is 0 Å². The fourth-order valence-corrected chi connectivity index (χ4v) is 2.03. The second-order valence-corrected chi connectivity index (χ2v) is 5.22. The van der Waals surface area contributed by atoms with Crippen LogP contribution in [0.3, 0.4) is 0 Å². The Bertz CT molecular complexity index is 730. The Hall–Kier alpha value is -2.88. The summed E-state index contributed by atoms with van der Waals surface area (Å²) in [5.41, 5.74) is 1.39. The van der Waals surface area contributed by atoms with E-state index in [9.17, 15) is 9.59 Å². The molecule has 2 aromatic carbocycles.